The molecule has 0 N–H and O–H groups in total. The van der Waals surface area contributed by atoms with E-state index in [1.54, 1.807) is 18.2 Å². The van der Waals surface area contributed by atoms with E-state index in [1.165, 1.54) is 11.0 Å². The van der Waals surface area contributed by atoms with E-state index in [1.807, 2.05) is 12.1 Å². The van der Waals surface area contributed by atoms with Crippen LogP contribution < -0.4 is 0 Å². The molecule has 3 rings (SSSR count). The van der Waals surface area contributed by atoms with Gasteiger partial charge < -0.3 is 9.69 Å². The molecule has 0 aromatic heterocycles. The van der Waals surface area contributed by atoms with Gasteiger partial charge in [-0.1, -0.05) is 35.9 Å². The molecule has 0 spiro atoms. The Kier molecular flexibility index (Phi) is 3.94. The van der Waals surface area contributed by atoms with Crippen LogP contribution in [0.5, 0.6) is 0 Å². The molecule has 0 saturated carbocycles. The van der Waals surface area contributed by atoms with E-state index >= 15 is 0 Å². The van der Waals surface area contributed by atoms with Crippen molar-refractivity contribution in [1.29, 1.82) is 0 Å². The Hall–Kier alpha value is -2.20. The van der Waals surface area contributed by atoms with Crippen molar-refractivity contribution < 1.29 is 14.0 Å². The summed E-state index contributed by atoms with van der Waals surface area (Å²) in [5.41, 5.74) is 2.10. The quantitative estimate of drug-likeness (QED) is 0.814. The topological polar surface area (TPSA) is 37.4 Å². The van der Waals surface area contributed by atoms with Gasteiger partial charge in [-0.05, 0) is 29.7 Å². The number of halogens is 2. The van der Waals surface area contributed by atoms with Crippen LogP contribution in [0.2, 0.25) is 5.02 Å². The highest BCUT2D eigenvalue weighted by atomic mass is 35.5. The predicted molar refractivity (Wildman–Crippen MR) is 82.5 cm³/mol. The number of carbonyl (C=O) groups excluding carboxylic acids is 2. The standard InChI is InChI=1S/C17H13ClFNO2/c18-14-4-2-1-3-13(14)12-9-11-5-6-20(7-8-21)17(22)16(11)15(19)10-12/h1-4,8-10H,5-7H2. The van der Waals surface area contributed by atoms with Gasteiger partial charge in [-0.2, -0.15) is 0 Å². The number of fused-ring (bicyclic) bond motifs is 1. The molecule has 1 amide bonds. The number of amides is 1. The third kappa shape index (κ3) is 2.50. The maximum atomic E-state index is 14.4. The van der Waals surface area contributed by atoms with Crippen molar-refractivity contribution in [2.45, 2.75) is 6.42 Å². The van der Waals surface area contributed by atoms with Crippen LogP contribution in [0.4, 0.5) is 4.39 Å². The van der Waals surface area contributed by atoms with Crippen LogP contribution in [0.15, 0.2) is 36.4 Å². The molecule has 0 bridgehead atoms. The fourth-order valence-corrected chi connectivity index (χ4v) is 2.98. The number of hydrogen-bond acceptors (Lipinski definition) is 2. The first kappa shape index (κ1) is 14.7. The van der Waals surface area contributed by atoms with Gasteiger partial charge in [0.1, 0.15) is 12.1 Å². The van der Waals surface area contributed by atoms with Crippen LogP contribution in [0.25, 0.3) is 11.1 Å². The Morgan fingerprint density at radius 1 is 1.27 bits per heavy atom. The fourth-order valence-electron chi connectivity index (χ4n) is 2.73. The number of carbonyl (C=O) groups is 2. The van der Waals surface area contributed by atoms with Crippen molar-refractivity contribution in [3.8, 4) is 11.1 Å². The van der Waals surface area contributed by atoms with Gasteiger partial charge in [0, 0.05) is 17.1 Å². The van der Waals surface area contributed by atoms with Crippen molar-refractivity contribution in [3.63, 3.8) is 0 Å². The summed E-state index contributed by atoms with van der Waals surface area (Å²) in [6, 6.07) is 10.3. The summed E-state index contributed by atoms with van der Waals surface area (Å²) in [6.07, 6.45) is 1.17. The third-order valence-electron chi connectivity index (χ3n) is 3.80. The smallest absolute Gasteiger partial charge is 0.257 e. The Morgan fingerprint density at radius 2 is 2.05 bits per heavy atom. The van der Waals surface area contributed by atoms with Gasteiger partial charge in [-0.25, -0.2) is 4.39 Å². The van der Waals surface area contributed by atoms with Gasteiger partial charge in [0.2, 0.25) is 0 Å². The molecule has 2 aromatic rings. The zero-order valence-corrected chi connectivity index (χ0v) is 12.4. The minimum absolute atomic E-state index is 0.00994. The molecule has 22 heavy (non-hydrogen) atoms. The van der Waals surface area contributed by atoms with Gasteiger partial charge in [-0.15, -0.1) is 0 Å². The van der Waals surface area contributed by atoms with Crippen molar-refractivity contribution in [1.82, 2.24) is 4.90 Å². The van der Waals surface area contributed by atoms with Crippen LogP contribution >= 0.6 is 11.6 Å². The molecule has 0 aliphatic carbocycles. The third-order valence-corrected chi connectivity index (χ3v) is 4.13. The highest BCUT2D eigenvalue weighted by Crippen LogP contribution is 2.32. The second-order valence-corrected chi connectivity index (χ2v) is 5.55. The monoisotopic (exact) mass is 317 g/mol. The molecule has 5 heteroatoms. The van der Waals surface area contributed by atoms with Crippen LogP contribution in [-0.4, -0.2) is 30.2 Å². The summed E-state index contributed by atoms with van der Waals surface area (Å²) in [6.45, 7) is 0.403. The predicted octanol–water partition coefficient (Wildman–Crippen LogP) is 3.34. The first-order chi connectivity index (χ1) is 10.6. The second-order valence-electron chi connectivity index (χ2n) is 5.14. The Morgan fingerprint density at radius 3 is 2.77 bits per heavy atom. The molecule has 0 unspecified atom stereocenters. The van der Waals surface area contributed by atoms with E-state index in [4.69, 9.17) is 11.6 Å². The van der Waals surface area contributed by atoms with Gasteiger partial charge in [0.25, 0.3) is 5.91 Å². The Bertz CT molecular complexity index is 760. The second kappa shape index (κ2) is 5.89. The van der Waals surface area contributed by atoms with Crippen molar-refractivity contribution in [2.24, 2.45) is 0 Å². The molecule has 1 heterocycles. The first-order valence-corrected chi connectivity index (χ1v) is 7.30. The van der Waals surface area contributed by atoms with Gasteiger partial charge >= 0.3 is 0 Å². The summed E-state index contributed by atoms with van der Waals surface area (Å²) in [7, 11) is 0. The number of rotatable bonds is 3. The normalized spacial score (nSPS) is 13.9. The van der Waals surface area contributed by atoms with E-state index < -0.39 is 11.7 Å². The number of nitrogens with zero attached hydrogens (tertiary/aromatic N) is 1. The molecule has 3 nitrogen and oxygen atoms in total. The van der Waals surface area contributed by atoms with Crippen molar-refractivity contribution >= 4 is 23.8 Å². The SMILES string of the molecule is O=CCN1CCc2cc(-c3ccccc3Cl)cc(F)c2C1=O. The van der Waals surface area contributed by atoms with Crippen LogP contribution in [0.1, 0.15) is 15.9 Å². The average Bonchev–Trinajstić information content (AvgIpc) is 2.50. The molecular formula is C17H13ClFNO2. The molecule has 2 aromatic carbocycles. The molecule has 0 atom stereocenters. The van der Waals surface area contributed by atoms with E-state index in [9.17, 15) is 14.0 Å². The number of aldehydes is 1. The zero-order chi connectivity index (χ0) is 15.7. The lowest BCUT2D eigenvalue weighted by atomic mass is 9.93. The average molecular weight is 318 g/mol. The Labute approximate surface area is 132 Å². The molecule has 112 valence electrons. The summed E-state index contributed by atoms with van der Waals surface area (Å²) in [5.74, 6) is -1.01. The highest BCUT2D eigenvalue weighted by Gasteiger charge is 2.28. The van der Waals surface area contributed by atoms with Crippen molar-refractivity contribution in [2.75, 3.05) is 13.1 Å². The first-order valence-electron chi connectivity index (χ1n) is 6.92. The van der Waals surface area contributed by atoms with E-state index in [2.05, 4.69) is 0 Å². The lowest BCUT2D eigenvalue weighted by Gasteiger charge is -2.27. The van der Waals surface area contributed by atoms with Crippen LogP contribution in [-0.2, 0) is 11.2 Å². The molecule has 0 saturated heterocycles. The maximum Gasteiger partial charge on any atom is 0.257 e. The van der Waals surface area contributed by atoms with Crippen LogP contribution in [0, 0.1) is 5.82 Å². The molecular weight excluding hydrogens is 305 g/mol. The van der Waals surface area contributed by atoms with Crippen molar-refractivity contribution in [3.05, 3.63) is 58.4 Å². The Balaban J connectivity index is 2.07. The molecule has 0 fully saturated rings. The summed E-state index contributed by atoms with van der Waals surface area (Å²) >= 11 is 6.15. The van der Waals surface area contributed by atoms with E-state index in [0.717, 1.165) is 5.56 Å². The summed E-state index contributed by atoms with van der Waals surface area (Å²) in [4.78, 5) is 24.2. The number of hydrogen-bond donors (Lipinski definition) is 0. The summed E-state index contributed by atoms with van der Waals surface area (Å²) in [5, 5.41) is 0.534. The van der Waals surface area contributed by atoms with E-state index in [-0.39, 0.29) is 12.1 Å². The van der Waals surface area contributed by atoms with Gasteiger partial charge in [0.05, 0.1) is 12.1 Å². The molecule has 1 aliphatic rings. The number of benzene rings is 2. The zero-order valence-electron chi connectivity index (χ0n) is 11.7. The molecule has 1 aliphatic heterocycles. The lowest BCUT2D eigenvalue weighted by molar-refractivity contribution is -0.108. The maximum absolute atomic E-state index is 14.4. The van der Waals surface area contributed by atoms with Gasteiger partial charge in [0.15, 0.2) is 0 Å². The van der Waals surface area contributed by atoms with Gasteiger partial charge in [-0.3, -0.25) is 4.79 Å². The summed E-state index contributed by atoms with van der Waals surface area (Å²) < 4.78 is 14.4. The highest BCUT2D eigenvalue weighted by molar-refractivity contribution is 6.33. The minimum Gasteiger partial charge on any atom is -0.331 e. The van der Waals surface area contributed by atoms with Crippen LogP contribution in [0.3, 0.4) is 0 Å². The molecule has 0 radical (unpaired) electrons. The van der Waals surface area contributed by atoms with E-state index in [0.29, 0.717) is 35.4 Å². The lowest BCUT2D eigenvalue weighted by Crippen LogP contribution is -2.39. The largest absolute Gasteiger partial charge is 0.331 e. The minimum atomic E-state index is -0.576. The fraction of sp³-hybridized carbons (Fsp3) is 0.176.